The van der Waals surface area contributed by atoms with E-state index in [1.807, 2.05) is 23.0 Å². The Morgan fingerprint density at radius 3 is 3.05 bits per heavy atom. The van der Waals surface area contributed by atoms with Gasteiger partial charge < -0.3 is 5.11 Å². The first-order valence-corrected chi connectivity index (χ1v) is 6.69. The van der Waals surface area contributed by atoms with Crippen LogP contribution in [0.1, 0.15) is 17.7 Å². The van der Waals surface area contributed by atoms with Crippen LogP contribution >= 0.6 is 0 Å². The molecular formula is C15H16N4O. The molecule has 0 radical (unpaired) electrons. The van der Waals surface area contributed by atoms with Crippen molar-refractivity contribution in [3.05, 3.63) is 54.0 Å². The van der Waals surface area contributed by atoms with Gasteiger partial charge in [-0.05, 0) is 36.6 Å². The highest BCUT2D eigenvalue weighted by Gasteiger charge is 2.02. The molecule has 1 N–H and O–H groups in total. The Kier molecular flexibility index (Phi) is 3.69. The van der Waals surface area contributed by atoms with Gasteiger partial charge >= 0.3 is 0 Å². The third-order valence-electron chi connectivity index (χ3n) is 3.19. The van der Waals surface area contributed by atoms with Crippen molar-refractivity contribution in [1.29, 1.82) is 0 Å². The zero-order valence-corrected chi connectivity index (χ0v) is 11.1. The van der Waals surface area contributed by atoms with Crippen molar-refractivity contribution in [2.75, 3.05) is 6.61 Å². The lowest BCUT2D eigenvalue weighted by atomic mass is 10.1. The number of fused-ring (bicyclic) bond motifs is 1. The van der Waals surface area contributed by atoms with Crippen LogP contribution in [0.2, 0.25) is 0 Å². The molecule has 0 atom stereocenters. The van der Waals surface area contributed by atoms with Crippen molar-refractivity contribution < 1.29 is 5.11 Å². The number of hydrogen-bond donors (Lipinski definition) is 1. The number of aliphatic hydroxyl groups excluding tert-OH is 1. The maximum atomic E-state index is 8.81. The van der Waals surface area contributed by atoms with E-state index in [1.54, 1.807) is 6.20 Å². The Balaban J connectivity index is 1.76. The van der Waals surface area contributed by atoms with Gasteiger partial charge in [0.05, 0.1) is 17.8 Å². The average Bonchev–Trinajstić information content (AvgIpc) is 2.92. The largest absolute Gasteiger partial charge is 0.396 e. The summed E-state index contributed by atoms with van der Waals surface area (Å²) in [6.45, 7) is 0.876. The molecule has 0 spiro atoms. The van der Waals surface area contributed by atoms with Crippen molar-refractivity contribution in [3.8, 4) is 0 Å². The van der Waals surface area contributed by atoms with E-state index in [0.29, 0.717) is 6.54 Å². The van der Waals surface area contributed by atoms with Crippen LogP contribution in [0, 0.1) is 0 Å². The number of aromatic nitrogens is 4. The summed E-state index contributed by atoms with van der Waals surface area (Å²) in [5, 5.41) is 18.2. The molecule has 2 heterocycles. The molecule has 0 saturated carbocycles. The monoisotopic (exact) mass is 268 g/mol. The molecule has 5 heteroatoms. The second-order valence-electron chi connectivity index (χ2n) is 4.77. The first kappa shape index (κ1) is 12.7. The molecule has 0 saturated heterocycles. The van der Waals surface area contributed by atoms with Gasteiger partial charge in [-0.1, -0.05) is 17.3 Å². The molecule has 0 bridgehead atoms. The summed E-state index contributed by atoms with van der Waals surface area (Å²) < 4.78 is 1.82. The molecule has 0 amide bonds. The van der Waals surface area contributed by atoms with Crippen LogP contribution < -0.4 is 0 Å². The topological polar surface area (TPSA) is 63.8 Å². The second-order valence-corrected chi connectivity index (χ2v) is 4.77. The summed E-state index contributed by atoms with van der Waals surface area (Å²) in [6.07, 6.45) is 5.22. The molecule has 5 nitrogen and oxygen atoms in total. The van der Waals surface area contributed by atoms with Crippen molar-refractivity contribution in [2.45, 2.75) is 19.4 Å². The summed E-state index contributed by atoms with van der Waals surface area (Å²) >= 11 is 0. The zero-order chi connectivity index (χ0) is 13.8. The normalized spacial score (nSPS) is 11.1. The minimum absolute atomic E-state index is 0.185. The standard InChI is InChI=1S/C15H16N4O/c20-8-2-4-14-11-19(18-17-14)10-12-5-6-15-13(9-12)3-1-7-16-15/h1,3,5-7,9,11,20H,2,4,8,10H2. The predicted molar refractivity (Wildman–Crippen MR) is 76.3 cm³/mol. The molecule has 0 aliphatic rings. The van der Waals surface area contributed by atoms with Gasteiger partial charge in [-0.3, -0.25) is 4.98 Å². The summed E-state index contributed by atoms with van der Waals surface area (Å²) in [6, 6.07) is 10.2. The van der Waals surface area contributed by atoms with Gasteiger partial charge in [0.2, 0.25) is 0 Å². The van der Waals surface area contributed by atoms with Gasteiger partial charge in [0, 0.05) is 24.4 Å². The SMILES string of the molecule is OCCCc1cn(Cc2ccc3ncccc3c2)nn1. The van der Waals surface area contributed by atoms with Crippen molar-refractivity contribution in [2.24, 2.45) is 0 Å². The third-order valence-corrected chi connectivity index (χ3v) is 3.19. The number of aryl methyl sites for hydroxylation is 1. The molecule has 2 aromatic heterocycles. The highest BCUT2D eigenvalue weighted by Crippen LogP contribution is 2.14. The van der Waals surface area contributed by atoms with Gasteiger partial charge in [0.1, 0.15) is 0 Å². The fourth-order valence-corrected chi connectivity index (χ4v) is 2.20. The van der Waals surface area contributed by atoms with Crippen LogP contribution in [0.3, 0.4) is 0 Å². The second kappa shape index (κ2) is 5.79. The predicted octanol–water partition coefficient (Wildman–Crippen LogP) is 1.80. The molecule has 0 unspecified atom stereocenters. The fraction of sp³-hybridized carbons (Fsp3) is 0.267. The van der Waals surface area contributed by atoms with Gasteiger partial charge in [0.15, 0.2) is 0 Å². The lowest BCUT2D eigenvalue weighted by Crippen LogP contribution is -2.00. The van der Waals surface area contributed by atoms with Crippen molar-refractivity contribution in [1.82, 2.24) is 20.0 Å². The van der Waals surface area contributed by atoms with Gasteiger partial charge in [-0.2, -0.15) is 0 Å². The van der Waals surface area contributed by atoms with Crippen molar-refractivity contribution >= 4 is 10.9 Å². The first-order chi connectivity index (χ1) is 9.85. The van der Waals surface area contributed by atoms with Crippen LogP contribution in [0.25, 0.3) is 10.9 Å². The number of nitrogens with zero attached hydrogens (tertiary/aromatic N) is 4. The Hall–Kier alpha value is -2.27. The summed E-state index contributed by atoms with van der Waals surface area (Å²) in [7, 11) is 0. The van der Waals surface area contributed by atoms with Crippen LogP contribution in [0.5, 0.6) is 0 Å². The molecule has 1 aromatic carbocycles. The van der Waals surface area contributed by atoms with E-state index in [2.05, 4.69) is 33.5 Å². The summed E-state index contributed by atoms with van der Waals surface area (Å²) in [4.78, 5) is 4.31. The Labute approximate surface area is 116 Å². The Bertz CT molecular complexity index is 708. The molecule has 0 aliphatic heterocycles. The molecule has 0 fully saturated rings. The van der Waals surface area contributed by atoms with E-state index in [4.69, 9.17) is 5.11 Å². The van der Waals surface area contributed by atoms with E-state index >= 15 is 0 Å². The van der Waals surface area contributed by atoms with Gasteiger partial charge in [0.25, 0.3) is 0 Å². The van der Waals surface area contributed by atoms with Crippen LogP contribution in [-0.2, 0) is 13.0 Å². The van der Waals surface area contributed by atoms with Gasteiger partial charge in [-0.25, -0.2) is 4.68 Å². The van der Waals surface area contributed by atoms with Crippen molar-refractivity contribution in [3.63, 3.8) is 0 Å². The summed E-state index contributed by atoms with van der Waals surface area (Å²) in [5.74, 6) is 0. The molecule has 102 valence electrons. The molecule has 3 rings (SSSR count). The fourth-order valence-electron chi connectivity index (χ4n) is 2.20. The van der Waals surface area contributed by atoms with E-state index < -0.39 is 0 Å². The van der Waals surface area contributed by atoms with Gasteiger partial charge in [-0.15, -0.1) is 5.10 Å². The third kappa shape index (κ3) is 2.83. The highest BCUT2D eigenvalue weighted by atomic mass is 16.2. The average molecular weight is 268 g/mol. The maximum Gasteiger partial charge on any atom is 0.0828 e. The smallest absolute Gasteiger partial charge is 0.0828 e. The Morgan fingerprint density at radius 2 is 2.15 bits per heavy atom. The lowest BCUT2D eigenvalue weighted by molar-refractivity contribution is 0.288. The minimum atomic E-state index is 0.185. The van der Waals surface area contributed by atoms with E-state index in [9.17, 15) is 0 Å². The molecule has 20 heavy (non-hydrogen) atoms. The lowest BCUT2D eigenvalue weighted by Gasteiger charge is -2.03. The van der Waals surface area contributed by atoms with E-state index in [-0.39, 0.29) is 6.61 Å². The molecule has 3 aromatic rings. The minimum Gasteiger partial charge on any atom is -0.396 e. The number of aliphatic hydroxyl groups is 1. The molecule has 0 aliphatic carbocycles. The zero-order valence-electron chi connectivity index (χ0n) is 11.1. The van der Waals surface area contributed by atoms with Crippen LogP contribution in [-0.4, -0.2) is 31.7 Å². The van der Waals surface area contributed by atoms with Crippen LogP contribution in [0.4, 0.5) is 0 Å². The highest BCUT2D eigenvalue weighted by molar-refractivity contribution is 5.78. The number of benzene rings is 1. The first-order valence-electron chi connectivity index (χ1n) is 6.69. The summed E-state index contributed by atoms with van der Waals surface area (Å²) in [5.41, 5.74) is 3.09. The number of rotatable bonds is 5. The quantitative estimate of drug-likeness (QED) is 0.766. The number of pyridine rings is 1. The maximum absolute atomic E-state index is 8.81. The van der Waals surface area contributed by atoms with Crippen LogP contribution in [0.15, 0.2) is 42.7 Å². The van der Waals surface area contributed by atoms with E-state index in [0.717, 1.165) is 29.4 Å². The Morgan fingerprint density at radius 1 is 1.20 bits per heavy atom. The molecular weight excluding hydrogens is 252 g/mol. The van der Waals surface area contributed by atoms with E-state index in [1.165, 1.54) is 5.56 Å². The number of hydrogen-bond acceptors (Lipinski definition) is 4.